The highest BCUT2D eigenvalue weighted by atomic mass is 16.5. The van der Waals surface area contributed by atoms with Gasteiger partial charge in [-0.05, 0) is 58.5 Å². The summed E-state index contributed by atoms with van der Waals surface area (Å²) in [6.45, 7) is 6.21. The molecular formula is C21H31N5O. The molecule has 6 heteroatoms. The lowest BCUT2D eigenvalue weighted by Gasteiger charge is -2.26. The van der Waals surface area contributed by atoms with Gasteiger partial charge >= 0.3 is 0 Å². The van der Waals surface area contributed by atoms with E-state index in [-0.39, 0.29) is 6.10 Å². The summed E-state index contributed by atoms with van der Waals surface area (Å²) in [5.41, 5.74) is 2.27. The van der Waals surface area contributed by atoms with Crippen LogP contribution in [0.1, 0.15) is 70.3 Å². The molecule has 2 aromatic rings. The van der Waals surface area contributed by atoms with E-state index in [0.29, 0.717) is 23.8 Å². The molecule has 146 valence electrons. The molecule has 27 heavy (non-hydrogen) atoms. The monoisotopic (exact) mass is 369 g/mol. The first-order chi connectivity index (χ1) is 13.2. The lowest BCUT2D eigenvalue weighted by Crippen LogP contribution is -2.34. The second kappa shape index (κ2) is 8.38. The third-order valence-corrected chi connectivity index (χ3v) is 5.64. The molecule has 0 atom stereocenters. The van der Waals surface area contributed by atoms with E-state index in [1.54, 1.807) is 0 Å². The Kier molecular flexibility index (Phi) is 5.72. The standard InChI is InChI=1S/C21H31N5O/c1-14(2)25-21-24-13-18-19(26-21)17(15-6-4-3-5-7-15)12-23-20(18)27-16-8-10-22-11-9-16/h12-16,22H,3-11H2,1-2H3,(H,24,25,26). The van der Waals surface area contributed by atoms with Crippen LogP contribution >= 0.6 is 0 Å². The Bertz CT molecular complexity index is 767. The van der Waals surface area contributed by atoms with E-state index in [2.05, 4.69) is 29.5 Å². The van der Waals surface area contributed by atoms with Gasteiger partial charge in [-0.1, -0.05) is 19.3 Å². The number of hydrogen-bond donors (Lipinski definition) is 2. The minimum Gasteiger partial charge on any atom is -0.474 e. The topological polar surface area (TPSA) is 72.0 Å². The van der Waals surface area contributed by atoms with Crippen molar-refractivity contribution in [3.05, 3.63) is 18.0 Å². The number of rotatable bonds is 5. The molecule has 1 saturated carbocycles. The Labute approximate surface area is 161 Å². The molecule has 1 aliphatic heterocycles. The fourth-order valence-corrected chi connectivity index (χ4v) is 4.22. The second-order valence-corrected chi connectivity index (χ2v) is 8.18. The fourth-order valence-electron chi connectivity index (χ4n) is 4.22. The number of hydrogen-bond acceptors (Lipinski definition) is 6. The molecule has 1 aliphatic carbocycles. The smallest absolute Gasteiger partial charge is 0.224 e. The van der Waals surface area contributed by atoms with E-state index in [4.69, 9.17) is 14.7 Å². The lowest BCUT2D eigenvalue weighted by molar-refractivity contribution is 0.158. The maximum absolute atomic E-state index is 6.28. The zero-order chi connectivity index (χ0) is 18.6. The lowest BCUT2D eigenvalue weighted by atomic mass is 9.84. The van der Waals surface area contributed by atoms with Crippen LogP contribution in [0.5, 0.6) is 5.88 Å². The maximum atomic E-state index is 6.28. The van der Waals surface area contributed by atoms with Gasteiger partial charge in [0.2, 0.25) is 11.8 Å². The van der Waals surface area contributed by atoms with Gasteiger partial charge in [0.1, 0.15) is 6.10 Å². The van der Waals surface area contributed by atoms with Gasteiger partial charge in [-0.15, -0.1) is 0 Å². The Morgan fingerprint density at radius 3 is 2.56 bits per heavy atom. The largest absolute Gasteiger partial charge is 0.474 e. The van der Waals surface area contributed by atoms with Crippen LogP contribution in [0, 0.1) is 0 Å². The van der Waals surface area contributed by atoms with E-state index in [1.807, 2.05) is 12.4 Å². The first-order valence-corrected chi connectivity index (χ1v) is 10.5. The Morgan fingerprint density at radius 2 is 1.81 bits per heavy atom. The third-order valence-electron chi connectivity index (χ3n) is 5.64. The van der Waals surface area contributed by atoms with Crippen molar-refractivity contribution in [2.75, 3.05) is 18.4 Å². The average molecular weight is 370 g/mol. The summed E-state index contributed by atoms with van der Waals surface area (Å²) in [4.78, 5) is 14.1. The van der Waals surface area contributed by atoms with Crippen molar-refractivity contribution in [3.63, 3.8) is 0 Å². The van der Waals surface area contributed by atoms with Gasteiger partial charge < -0.3 is 15.4 Å². The van der Waals surface area contributed by atoms with E-state index in [1.165, 1.54) is 37.7 Å². The number of ether oxygens (including phenoxy) is 1. The zero-order valence-corrected chi connectivity index (χ0v) is 16.5. The zero-order valence-electron chi connectivity index (χ0n) is 16.5. The van der Waals surface area contributed by atoms with Crippen LogP contribution < -0.4 is 15.4 Å². The van der Waals surface area contributed by atoms with Crippen molar-refractivity contribution in [2.45, 2.75) is 76.9 Å². The molecule has 0 spiro atoms. The number of nitrogens with one attached hydrogen (secondary N) is 2. The average Bonchev–Trinajstić information content (AvgIpc) is 2.69. The highest BCUT2D eigenvalue weighted by molar-refractivity contribution is 5.86. The van der Waals surface area contributed by atoms with Gasteiger partial charge in [-0.25, -0.2) is 15.0 Å². The van der Waals surface area contributed by atoms with Crippen molar-refractivity contribution >= 4 is 16.9 Å². The normalized spacial score (nSPS) is 19.5. The molecule has 2 N–H and O–H groups in total. The highest BCUT2D eigenvalue weighted by Gasteiger charge is 2.23. The van der Waals surface area contributed by atoms with Gasteiger partial charge in [0.15, 0.2) is 0 Å². The highest BCUT2D eigenvalue weighted by Crippen LogP contribution is 2.37. The second-order valence-electron chi connectivity index (χ2n) is 8.18. The molecule has 0 radical (unpaired) electrons. The van der Waals surface area contributed by atoms with E-state index >= 15 is 0 Å². The number of aromatic nitrogens is 3. The van der Waals surface area contributed by atoms with Gasteiger partial charge in [-0.3, -0.25) is 0 Å². The van der Waals surface area contributed by atoms with Crippen molar-refractivity contribution < 1.29 is 4.74 Å². The number of piperidine rings is 1. The van der Waals surface area contributed by atoms with Crippen molar-refractivity contribution in [3.8, 4) is 5.88 Å². The molecule has 0 unspecified atom stereocenters. The number of fused-ring (bicyclic) bond motifs is 1. The van der Waals surface area contributed by atoms with Crippen LogP contribution in [0.3, 0.4) is 0 Å². The predicted molar refractivity (Wildman–Crippen MR) is 108 cm³/mol. The Morgan fingerprint density at radius 1 is 1.04 bits per heavy atom. The predicted octanol–water partition coefficient (Wildman–Crippen LogP) is 4.02. The number of anilines is 1. The van der Waals surface area contributed by atoms with Gasteiger partial charge in [0.25, 0.3) is 0 Å². The molecule has 2 fully saturated rings. The molecule has 0 aromatic carbocycles. The first-order valence-electron chi connectivity index (χ1n) is 10.5. The summed E-state index contributed by atoms with van der Waals surface area (Å²) in [7, 11) is 0. The quantitative estimate of drug-likeness (QED) is 0.829. The van der Waals surface area contributed by atoms with Crippen molar-refractivity contribution in [2.24, 2.45) is 0 Å². The number of pyridine rings is 1. The van der Waals surface area contributed by atoms with E-state index in [9.17, 15) is 0 Å². The van der Waals surface area contributed by atoms with E-state index in [0.717, 1.165) is 36.8 Å². The first kappa shape index (κ1) is 18.4. The fraction of sp³-hybridized carbons (Fsp3) is 0.667. The molecule has 3 heterocycles. The van der Waals surface area contributed by atoms with Crippen LogP contribution in [0.15, 0.2) is 12.4 Å². The molecular weight excluding hydrogens is 338 g/mol. The Balaban J connectivity index is 1.71. The molecule has 4 rings (SSSR count). The molecule has 6 nitrogen and oxygen atoms in total. The summed E-state index contributed by atoms with van der Waals surface area (Å²) in [6, 6.07) is 0.299. The van der Waals surface area contributed by atoms with Gasteiger partial charge in [-0.2, -0.15) is 0 Å². The molecule has 1 saturated heterocycles. The van der Waals surface area contributed by atoms with Crippen LogP contribution in [-0.4, -0.2) is 40.2 Å². The minimum atomic E-state index is 0.218. The number of nitrogens with zero attached hydrogens (tertiary/aromatic N) is 3. The maximum Gasteiger partial charge on any atom is 0.224 e. The van der Waals surface area contributed by atoms with Crippen LogP contribution in [0.2, 0.25) is 0 Å². The molecule has 2 aliphatic rings. The summed E-state index contributed by atoms with van der Waals surface area (Å²) in [5.74, 6) is 1.92. The van der Waals surface area contributed by atoms with Crippen LogP contribution in [0.25, 0.3) is 10.9 Å². The molecule has 0 amide bonds. The summed E-state index contributed by atoms with van der Waals surface area (Å²) >= 11 is 0. The van der Waals surface area contributed by atoms with Crippen LogP contribution in [0.4, 0.5) is 5.95 Å². The summed E-state index contributed by atoms with van der Waals surface area (Å²) in [6.07, 6.45) is 12.5. The van der Waals surface area contributed by atoms with Gasteiger partial charge in [0, 0.05) is 24.0 Å². The Hall–Kier alpha value is -1.95. The van der Waals surface area contributed by atoms with Crippen LogP contribution in [-0.2, 0) is 0 Å². The minimum absolute atomic E-state index is 0.218. The van der Waals surface area contributed by atoms with Crippen molar-refractivity contribution in [1.82, 2.24) is 20.3 Å². The van der Waals surface area contributed by atoms with Gasteiger partial charge in [0.05, 0.1) is 10.9 Å². The molecule has 0 bridgehead atoms. The third kappa shape index (κ3) is 4.32. The van der Waals surface area contributed by atoms with E-state index < -0.39 is 0 Å². The summed E-state index contributed by atoms with van der Waals surface area (Å²) in [5, 5.41) is 7.67. The molecule has 2 aromatic heterocycles. The summed E-state index contributed by atoms with van der Waals surface area (Å²) < 4.78 is 6.28. The van der Waals surface area contributed by atoms with Crippen molar-refractivity contribution in [1.29, 1.82) is 0 Å². The SMILES string of the molecule is CC(C)Nc1ncc2c(OC3CCNCC3)ncc(C3CCCCC3)c2n1.